The normalized spacial score (nSPS) is 13.7. The Morgan fingerprint density at radius 1 is 0.254 bits per heavy atom. The summed E-state index contributed by atoms with van der Waals surface area (Å²) in [7, 11) is 0. The second-order valence-corrected chi connectivity index (χ2v) is 48.2. The van der Waals surface area contributed by atoms with E-state index in [4.69, 9.17) is 6.85 Å². The molecule has 8 aromatic carbocycles. The fourth-order valence-corrected chi connectivity index (χ4v) is 14.3. The first kappa shape index (κ1) is 108. The zero-order valence-electron chi connectivity index (χ0n) is 86.6. The molecule has 0 radical (unpaired) electrons. The SMILES string of the molecule is C.C.C.C.C.C.CC(C)(C)Cc1ccc(C(C)(C)C)cc1.CC(C)(C)c1cc(C(C)(C)C)c(C(C)(C)C)c(C(C)(C)C)c1.CC(C)(C)c1ccc(C(C)(C)C)c(C(C)(C)C)c1.CC(C)(C)c1cccc(-c2ccccc2)c1C(C)(C)C.[2H]C(C)(c1ccc(C(C)(C)C)cc1)C(C)(C)C.[2H]c1c([2H])c(-c2cccc(C(C)(C)C)c2C(C)(C)C)c([2H])c([2H])c1C. The van der Waals surface area contributed by atoms with Crippen LogP contribution in [0.2, 0.25) is 0 Å². The van der Waals surface area contributed by atoms with Gasteiger partial charge in [-0.2, -0.15) is 0 Å². The molecule has 0 aliphatic heterocycles. The van der Waals surface area contributed by atoms with Crippen molar-refractivity contribution in [3.63, 3.8) is 0 Å². The zero-order valence-corrected chi connectivity index (χ0v) is 81.6. The molecule has 0 bridgehead atoms. The van der Waals surface area contributed by atoms with Gasteiger partial charge in [-0.25, -0.2) is 0 Å². The van der Waals surface area contributed by atoms with Crippen LogP contribution in [-0.2, 0) is 76.8 Å². The van der Waals surface area contributed by atoms with E-state index in [0.29, 0.717) is 16.5 Å². The lowest BCUT2D eigenvalue weighted by atomic mass is 9.66. The van der Waals surface area contributed by atoms with Crippen molar-refractivity contribution in [3.8, 4) is 22.3 Å². The summed E-state index contributed by atoms with van der Waals surface area (Å²) in [6.07, 6.45) is 1.15. The Kier molecular flexibility index (Phi) is 39.5. The van der Waals surface area contributed by atoms with E-state index in [1.807, 2.05) is 19.1 Å². The van der Waals surface area contributed by atoms with Crippen molar-refractivity contribution in [2.75, 3.05) is 0 Å². The van der Waals surface area contributed by atoms with Crippen LogP contribution in [0.1, 0.15) is 465 Å². The third-order valence-electron chi connectivity index (χ3n) is 21.1. The van der Waals surface area contributed by atoms with Crippen molar-refractivity contribution in [1.82, 2.24) is 0 Å². The molecule has 668 valence electrons. The predicted molar refractivity (Wildman–Crippen MR) is 549 cm³/mol. The predicted octanol–water partition coefficient (Wildman–Crippen LogP) is 38.2. The maximum atomic E-state index is 8.55. The Morgan fingerprint density at radius 3 is 0.839 bits per heavy atom. The Labute approximate surface area is 746 Å². The van der Waals surface area contributed by atoms with E-state index < -0.39 is 5.89 Å². The molecule has 0 aromatic heterocycles. The summed E-state index contributed by atoms with van der Waals surface area (Å²) in [5.41, 5.74) is 27.2. The first-order valence-corrected chi connectivity index (χ1v) is 42.4. The van der Waals surface area contributed by atoms with Crippen LogP contribution in [0.25, 0.3) is 22.3 Å². The molecule has 0 N–H and O–H groups in total. The van der Waals surface area contributed by atoms with Gasteiger partial charge in [0.05, 0.1) is 5.48 Å². The molecule has 0 nitrogen and oxygen atoms in total. The van der Waals surface area contributed by atoms with Gasteiger partial charge < -0.3 is 0 Å². The fourth-order valence-electron chi connectivity index (χ4n) is 14.3. The summed E-state index contributed by atoms with van der Waals surface area (Å²) < 4.78 is 41.8. The molecule has 0 aliphatic rings. The van der Waals surface area contributed by atoms with Crippen molar-refractivity contribution in [2.45, 2.75) is 453 Å². The Morgan fingerprint density at radius 2 is 0.551 bits per heavy atom. The molecule has 118 heavy (non-hydrogen) atoms. The molecule has 0 spiro atoms. The Bertz CT molecular complexity index is 4470. The molecule has 8 aromatic rings. The quantitative estimate of drug-likeness (QED) is 0.165. The van der Waals surface area contributed by atoms with E-state index in [1.165, 1.54) is 77.9 Å². The molecule has 1 atom stereocenters. The summed E-state index contributed by atoms with van der Waals surface area (Å²) in [6, 6.07) is 53.2. The van der Waals surface area contributed by atoms with Crippen molar-refractivity contribution in [2.24, 2.45) is 10.8 Å². The van der Waals surface area contributed by atoms with Crippen molar-refractivity contribution >= 4 is 0 Å². The largest absolute Gasteiger partial charge is 0.0776 e. The molecule has 0 saturated carbocycles. The Hall–Kier alpha value is -6.24. The van der Waals surface area contributed by atoms with Gasteiger partial charge in [-0.05, 0) is 206 Å². The van der Waals surface area contributed by atoms with Crippen LogP contribution in [-0.4, -0.2) is 0 Å². The van der Waals surface area contributed by atoms with Crippen molar-refractivity contribution in [3.05, 3.63) is 259 Å². The third kappa shape index (κ3) is 36.1. The minimum atomic E-state index is -0.552. The minimum Gasteiger partial charge on any atom is -0.0776 e. The van der Waals surface area contributed by atoms with Gasteiger partial charge >= 0.3 is 0 Å². The maximum absolute atomic E-state index is 8.55. The number of rotatable bonds is 4. The van der Waals surface area contributed by atoms with E-state index in [-0.39, 0.29) is 145 Å². The Balaban J connectivity index is -0.000000689. The van der Waals surface area contributed by atoms with Crippen LogP contribution in [0.3, 0.4) is 0 Å². The average Bonchev–Trinajstić information content (AvgIpc) is 0.749. The van der Waals surface area contributed by atoms with Gasteiger partial charge in [0.1, 0.15) is 0 Å². The molecular weight excluding hydrogens is 1420 g/mol. The first-order chi connectivity index (χ1) is 51.9. The maximum Gasteiger partial charge on any atom is 0.0629 e. The molecule has 0 fully saturated rings. The van der Waals surface area contributed by atoms with Crippen LogP contribution in [0.5, 0.6) is 0 Å². The molecule has 0 heterocycles. The second kappa shape index (κ2) is 43.2. The zero-order chi connectivity index (χ0) is 91.5. The van der Waals surface area contributed by atoms with Gasteiger partial charge in [0.2, 0.25) is 0 Å². The molecular formula is C118H196. The van der Waals surface area contributed by atoms with Gasteiger partial charge in [0.15, 0.2) is 0 Å². The molecule has 0 saturated heterocycles. The smallest absolute Gasteiger partial charge is 0.0629 e. The summed E-state index contributed by atoms with van der Waals surface area (Å²) >= 11 is 0. The summed E-state index contributed by atoms with van der Waals surface area (Å²) in [5, 5.41) is 0. The molecule has 0 heteroatoms. The van der Waals surface area contributed by atoms with Crippen molar-refractivity contribution < 1.29 is 6.85 Å². The highest BCUT2D eigenvalue weighted by Crippen LogP contribution is 2.46. The van der Waals surface area contributed by atoms with E-state index in [9.17, 15) is 0 Å². The van der Waals surface area contributed by atoms with E-state index in [0.717, 1.165) is 23.1 Å². The van der Waals surface area contributed by atoms with Gasteiger partial charge in [-0.3, -0.25) is 0 Å². The molecule has 8 rings (SSSR count). The van der Waals surface area contributed by atoms with Crippen LogP contribution in [0, 0.1) is 17.8 Å². The second-order valence-electron chi connectivity index (χ2n) is 48.2. The average molecular weight is 1620 g/mol. The summed E-state index contributed by atoms with van der Waals surface area (Å²) in [6.45, 7) is 106. The number of benzene rings is 8. The summed E-state index contributed by atoms with van der Waals surface area (Å²) in [5.74, 6) is -0.552. The summed E-state index contributed by atoms with van der Waals surface area (Å²) in [4.78, 5) is 0. The van der Waals surface area contributed by atoms with Crippen LogP contribution >= 0.6 is 0 Å². The standard InChI is InChI=1S/C22H38.C21H28.C20H26.C18H30.C16H26.C15H24.6CH4/c1-19(2,3)15-13-16(20(4,5)6)18(22(10,11)12)17(14-15)21(7,8)9;1-15-11-13-16(14-12-15)17-9-8-10-18(20(2,3)4)19(17)21(5,6)7;1-19(2,3)17-14-10-13-16(18(17)20(4,5)6)15-11-8-7-9-12-15;1-16(2,3)13-10-11-14(17(4,5)6)15(12-13)18(7,8)9;1-12(15(2,3)4)13-8-10-14(11-9-13)16(5,6)7;1-14(2,3)11-12-7-9-13(10-8-12)15(4,5)6;;;;;;/h13-14H,1-12H3;8-14H,1-7H3;7-14H,1-6H3;10-12H,1-9H3;8-12H,1-7H3;7-10H,11H2,1-6H3;6*1H4/i;11D,12D,13D,14D;;;12D;;;;;;;. The van der Waals surface area contributed by atoms with E-state index in [1.54, 1.807) is 12.5 Å². The fraction of sp³-hybridized carbons (Fsp3) is 0.593. The van der Waals surface area contributed by atoms with Crippen LogP contribution < -0.4 is 0 Å². The minimum absolute atomic E-state index is 0. The highest BCUT2D eigenvalue weighted by atomic mass is 14.4. The van der Waals surface area contributed by atoms with Gasteiger partial charge in [-0.15, -0.1) is 0 Å². The topological polar surface area (TPSA) is 0 Å². The highest BCUT2D eigenvalue weighted by Gasteiger charge is 2.36. The number of hydrogen-bond acceptors (Lipinski definition) is 0. The third-order valence-corrected chi connectivity index (χ3v) is 21.1. The van der Waals surface area contributed by atoms with Gasteiger partial charge in [0.25, 0.3) is 0 Å². The monoisotopic (exact) mass is 1620 g/mol. The van der Waals surface area contributed by atoms with E-state index in [2.05, 4.69) is 445 Å². The molecule has 1 unspecified atom stereocenters. The lowest BCUT2D eigenvalue weighted by Gasteiger charge is -2.38. The van der Waals surface area contributed by atoms with E-state index >= 15 is 0 Å². The van der Waals surface area contributed by atoms with Crippen LogP contribution in [0.4, 0.5) is 0 Å². The van der Waals surface area contributed by atoms with Gasteiger partial charge in [0, 0.05) is 1.37 Å². The van der Waals surface area contributed by atoms with Crippen molar-refractivity contribution in [1.29, 1.82) is 0 Å². The molecule has 0 amide bonds. The molecule has 0 aliphatic carbocycles. The van der Waals surface area contributed by atoms with Crippen LogP contribution in [0.15, 0.2) is 170 Å². The number of hydrogen-bond donors (Lipinski definition) is 0. The highest BCUT2D eigenvalue weighted by molar-refractivity contribution is 5.72. The lowest BCUT2D eigenvalue weighted by molar-refractivity contribution is 0.339. The lowest BCUT2D eigenvalue weighted by Crippen LogP contribution is -2.29. The first-order valence-electron chi connectivity index (χ1n) is 44.9. The van der Waals surface area contributed by atoms with Gasteiger partial charge in [-0.1, -0.05) is 538 Å².